The Balaban J connectivity index is 3.59. The number of nitro groups is 1. The van der Waals surface area contributed by atoms with E-state index in [1.165, 1.54) is 4.98 Å². The van der Waals surface area contributed by atoms with Gasteiger partial charge in [0.2, 0.25) is 5.69 Å². The Hall–Kier alpha value is -2.00. The lowest BCUT2D eigenvalue weighted by Gasteiger charge is -2.06. The minimum absolute atomic E-state index is 0.144. The summed E-state index contributed by atoms with van der Waals surface area (Å²) in [6, 6.07) is -0.144. The second-order valence-corrected chi connectivity index (χ2v) is 2.87. The van der Waals surface area contributed by atoms with E-state index >= 15 is 0 Å². The van der Waals surface area contributed by atoms with Crippen LogP contribution in [0.15, 0.2) is 10.9 Å². The monoisotopic (exact) mass is 258 g/mol. The lowest BCUT2D eigenvalue weighted by Crippen LogP contribution is -2.19. The fraction of sp³-hybridized carbons (Fsp3) is 0.286. The van der Waals surface area contributed by atoms with Crippen molar-refractivity contribution in [3.8, 4) is 0 Å². The van der Waals surface area contributed by atoms with Gasteiger partial charge in [0.1, 0.15) is 0 Å². The predicted molar refractivity (Wildman–Crippen MR) is 43.7 cm³/mol. The van der Waals surface area contributed by atoms with Gasteiger partial charge in [-0.25, -0.2) is 13.8 Å². The molecule has 0 saturated carbocycles. The highest BCUT2D eigenvalue weighted by Gasteiger charge is 2.38. The van der Waals surface area contributed by atoms with Crippen molar-refractivity contribution in [2.75, 3.05) is 0 Å². The van der Waals surface area contributed by atoms with Gasteiger partial charge in [0.05, 0.1) is 0 Å². The number of H-pyrrole nitrogens is 1. The molecule has 0 aliphatic heterocycles. The fourth-order valence-electron chi connectivity index (χ4n) is 1.06. The Morgan fingerprint density at radius 1 is 1.35 bits per heavy atom. The van der Waals surface area contributed by atoms with Crippen molar-refractivity contribution in [1.29, 1.82) is 0 Å². The van der Waals surface area contributed by atoms with Crippen LogP contribution in [0.2, 0.25) is 0 Å². The van der Waals surface area contributed by atoms with Crippen molar-refractivity contribution in [3.05, 3.63) is 37.7 Å². The van der Waals surface area contributed by atoms with E-state index in [0.29, 0.717) is 0 Å². The van der Waals surface area contributed by atoms with Crippen molar-refractivity contribution in [1.82, 2.24) is 4.98 Å². The first-order valence-electron chi connectivity index (χ1n) is 3.91. The average molecular weight is 258 g/mol. The first-order valence-corrected chi connectivity index (χ1v) is 3.91. The van der Waals surface area contributed by atoms with Crippen LogP contribution >= 0.6 is 0 Å². The Kier molecular flexibility index (Phi) is 3.16. The number of aromatic amines is 1. The zero-order chi connectivity index (χ0) is 13.4. The lowest BCUT2D eigenvalue weighted by atomic mass is 10.2. The van der Waals surface area contributed by atoms with Gasteiger partial charge in [0.15, 0.2) is 11.0 Å². The molecule has 94 valence electrons. The van der Waals surface area contributed by atoms with Crippen LogP contribution in [-0.2, 0) is 6.18 Å². The predicted octanol–water partition coefficient (Wildman–Crippen LogP) is 2.24. The summed E-state index contributed by atoms with van der Waals surface area (Å²) < 4.78 is 61.0. The second kappa shape index (κ2) is 4.11. The molecule has 0 aliphatic rings. The van der Waals surface area contributed by atoms with E-state index in [2.05, 4.69) is 0 Å². The molecule has 10 heteroatoms. The summed E-state index contributed by atoms with van der Waals surface area (Å²) in [6.45, 7) is 0. The molecule has 1 rings (SSSR count). The number of alkyl halides is 5. The van der Waals surface area contributed by atoms with Crippen molar-refractivity contribution < 1.29 is 26.9 Å². The van der Waals surface area contributed by atoms with Crippen LogP contribution in [0.5, 0.6) is 0 Å². The van der Waals surface area contributed by atoms with E-state index in [-0.39, 0.29) is 6.07 Å². The summed E-state index contributed by atoms with van der Waals surface area (Å²) in [4.78, 5) is 20.9. The number of hydrogen-bond acceptors (Lipinski definition) is 3. The molecule has 0 atom stereocenters. The molecule has 0 fully saturated rings. The Bertz CT molecular complexity index is 507. The molecule has 1 heterocycles. The van der Waals surface area contributed by atoms with Crippen LogP contribution in [0.1, 0.15) is 17.7 Å². The molecule has 0 spiro atoms. The minimum Gasteiger partial charge on any atom is -0.358 e. The number of rotatable bonds is 2. The minimum atomic E-state index is -5.06. The van der Waals surface area contributed by atoms with Gasteiger partial charge in [-0.3, -0.25) is 4.79 Å². The normalized spacial score (nSPS) is 11.9. The highest BCUT2D eigenvalue weighted by Crippen LogP contribution is 2.30. The Labute approximate surface area is 89.0 Å². The number of nitrogens with zero attached hydrogens (tertiary/aromatic N) is 1. The summed E-state index contributed by atoms with van der Waals surface area (Å²) in [5.41, 5.74) is -5.08. The van der Waals surface area contributed by atoms with Crippen LogP contribution in [-0.4, -0.2) is 9.91 Å². The smallest absolute Gasteiger partial charge is 0.358 e. The molecule has 0 aromatic carbocycles. The van der Waals surface area contributed by atoms with E-state index < -0.39 is 40.0 Å². The number of hydrogen-bond donors (Lipinski definition) is 1. The zero-order valence-corrected chi connectivity index (χ0v) is 7.72. The van der Waals surface area contributed by atoms with Gasteiger partial charge in [-0.15, -0.1) is 0 Å². The van der Waals surface area contributed by atoms with Crippen molar-refractivity contribution in [2.24, 2.45) is 0 Å². The second-order valence-electron chi connectivity index (χ2n) is 2.87. The number of halogens is 5. The van der Waals surface area contributed by atoms with E-state index in [0.717, 1.165) is 0 Å². The first kappa shape index (κ1) is 13.1. The quantitative estimate of drug-likeness (QED) is 0.502. The molecule has 0 unspecified atom stereocenters. The number of pyridine rings is 1. The molecule has 17 heavy (non-hydrogen) atoms. The zero-order valence-electron chi connectivity index (χ0n) is 7.72. The third kappa shape index (κ3) is 2.57. The summed E-state index contributed by atoms with van der Waals surface area (Å²) in [6.07, 6.45) is -8.61. The van der Waals surface area contributed by atoms with Crippen molar-refractivity contribution in [2.45, 2.75) is 12.6 Å². The van der Waals surface area contributed by atoms with Gasteiger partial charge in [0.25, 0.3) is 6.43 Å². The van der Waals surface area contributed by atoms with Gasteiger partial charge in [0, 0.05) is 6.07 Å². The molecule has 5 nitrogen and oxygen atoms in total. The molecular weight excluding hydrogens is 255 g/mol. The highest BCUT2D eigenvalue weighted by atomic mass is 19.4. The van der Waals surface area contributed by atoms with Crippen molar-refractivity contribution in [3.63, 3.8) is 0 Å². The van der Waals surface area contributed by atoms with Crippen LogP contribution < -0.4 is 5.43 Å². The highest BCUT2D eigenvalue weighted by molar-refractivity contribution is 5.35. The van der Waals surface area contributed by atoms with E-state index in [9.17, 15) is 36.9 Å². The fourth-order valence-corrected chi connectivity index (χ4v) is 1.06. The standard InChI is InChI=1S/C7H3F5N2O3/c8-5(9)4-2(15)1-3(7(10,11)12)13-6(4)14(16)17/h1,5H,(H,13,15). The number of aromatic nitrogens is 1. The average Bonchev–Trinajstić information content (AvgIpc) is 2.13. The maximum absolute atomic E-state index is 12.3. The molecule has 1 N–H and O–H groups in total. The molecule has 1 aromatic heterocycles. The molecule has 0 saturated heterocycles. The Morgan fingerprint density at radius 3 is 2.24 bits per heavy atom. The molecule has 0 amide bonds. The molecule has 1 aromatic rings. The molecule has 0 bridgehead atoms. The number of nitrogens with one attached hydrogen (secondary N) is 1. The maximum Gasteiger partial charge on any atom is 0.453 e. The largest absolute Gasteiger partial charge is 0.453 e. The van der Waals surface area contributed by atoms with Crippen LogP contribution in [0.3, 0.4) is 0 Å². The van der Waals surface area contributed by atoms with Crippen LogP contribution in [0, 0.1) is 10.1 Å². The van der Waals surface area contributed by atoms with Gasteiger partial charge in [-0.05, 0) is 4.92 Å². The molecule has 0 radical (unpaired) electrons. The third-order valence-electron chi connectivity index (χ3n) is 1.76. The van der Waals surface area contributed by atoms with E-state index in [1.54, 1.807) is 0 Å². The van der Waals surface area contributed by atoms with Gasteiger partial charge < -0.3 is 10.1 Å². The maximum atomic E-state index is 12.3. The summed E-state index contributed by atoms with van der Waals surface area (Å²) >= 11 is 0. The SMILES string of the molecule is O=c1cc(C(F)(F)F)[nH]c([N+](=O)[O-])c1C(F)F. The lowest BCUT2D eigenvalue weighted by molar-refractivity contribution is -0.391. The van der Waals surface area contributed by atoms with Crippen LogP contribution in [0.25, 0.3) is 0 Å². The van der Waals surface area contributed by atoms with E-state index in [4.69, 9.17) is 0 Å². The summed E-state index contributed by atoms with van der Waals surface area (Å²) in [5.74, 6) is -1.65. The third-order valence-corrected chi connectivity index (χ3v) is 1.76. The van der Waals surface area contributed by atoms with Gasteiger partial charge in [-0.2, -0.15) is 13.2 Å². The van der Waals surface area contributed by atoms with Crippen molar-refractivity contribution >= 4 is 5.82 Å². The first-order chi connectivity index (χ1) is 7.64. The van der Waals surface area contributed by atoms with Gasteiger partial charge >= 0.3 is 12.0 Å². The summed E-state index contributed by atoms with van der Waals surface area (Å²) in [5, 5.41) is 10.3. The topological polar surface area (TPSA) is 76.0 Å². The Morgan fingerprint density at radius 2 is 1.88 bits per heavy atom. The molecule has 0 aliphatic carbocycles. The van der Waals surface area contributed by atoms with E-state index in [1.807, 2.05) is 0 Å². The van der Waals surface area contributed by atoms with Gasteiger partial charge in [-0.1, -0.05) is 0 Å². The molecular formula is C7H3F5N2O3. The summed E-state index contributed by atoms with van der Waals surface area (Å²) in [7, 11) is 0. The van der Waals surface area contributed by atoms with Crippen LogP contribution in [0.4, 0.5) is 27.8 Å².